The lowest BCUT2D eigenvalue weighted by molar-refractivity contribution is -0.122. The lowest BCUT2D eigenvalue weighted by Crippen LogP contribution is -2.33. The molecule has 3 aromatic rings. The third kappa shape index (κ3) is 6.00. The first kappa shape index (κ1) is 20.3. The Morgan fingerprint density at radius 3 is 2.48 bits per heavy atom. The van der Waals surface area contributed by atoms with Crippen molar-refractivity contribution in [3.05, 3.63) is 72.2 Å². The van der Waals surface area contributed by atoms with Crippen molar-refractivity contribution in [1.29, 1.82) is 0 Å². The average molecular weight is 390 g/mol. The summed E-state index contributed by atoms with van der Waals surface area (Å²) in [6, 6.07) is 15.5. The number of rotatable bonds is 9. The van der Waals surface area contributed by atoms with E-state index in [1.807, 2.05) is 62.4 Å². The molecule has 0 aliphatic heterocycles. The van der Waals surface area contributed by atoms with E-state index in [-0.39, 0.29) is 11.8 Å². The molecule has 1 amide bonds. The van der Waals surface area contributed by atoms with Crippen molar-refractivity contribution in [2.24, 2.45) is 0 Å². The number of aryl methyl sites for hydroxylation is 1. The molecule has 0 radical (unpaired) electrons. The second-order valence-corrected chi connectivity index (χ2v) is 6.72. The van der Waals surface area contributed by atoms with E-state index in [9.17, 15) is 4.79 Å². The molecule has 0 bridgehead atoms. The molecule has 2 aromatic heterocycles. The molecule has 2 heterocycles. The van der Waals surface area contributed by atoms with Crippen molar-refractivity contribution in [3.8, 4) is 0 Å². The molecule has 1 atom stereocenters. The second kappa shape index (κ2) is 10.2. The number of aromatic nitrogens is 3. The molecule has 0 spiro atoms. The molecule has 1 unspecified atom stereocenters. The zero-order valence-electron chi connectivity index (χ0n) is 16.7. The minimum Gasteiger partial charge on any atom is -0.368 e. The molecule has 7 nitrogen and oxygen atoms in total. The van der Waals surface area contributed by atoms with Gasteiger partial charge in [0, 0.05) is 25.4 Å². The Hall–Kier alpha value is -3.48. The van der Waals surface area contributed by atoms with Crippen LogP contribution >= 0.6 is 0 Å². The Labute approximate surface area is 171 Å². The molecular formula is C22H26N6O. The molecule has 3 rings (SSSR count). The Morgan fingerprint density at radius 2 is 1.72 bits per heavy atom. The Bertz CT molecular complexity index is 931. The summed E-state index contributed by atoms with van der Waals surface area (Å²) in [7, 11) is 0. The van der Waals surface area contributed by atoms with Crippen LogP contribution in [0.15, 0.2) is 61.1 Å². The fourth-order valence-corrected chi connectivity index (χ4v) is 3.02. The van der Waals surface area contributed by atoms with Crippen LogP contribution in [0, 0.1) is 6.92 Å². The summed E-state index contributed by atoms with van der Waals surface area (Å²) in [4.78, 5) is 25.2. The number of hydrogen-bond donors (Lipinski definition) is 3. The van der Waals surface area contributed by atoms with Gasteiger partial charge in [0.1, 0.15) is 23.8 Å². The van der Waals surface area contributed by atoms with Crippen LogP contribution in [-0.4, -0.2) is 33.9 Å². The van der Waals surface area contributed by atoms with Gasteiger partial charge in [-0.25, -0.2) is 15.0 Å². The first-order valence-electron chi connectivity index (χ1n) is 9.74. The summed E-state index contributed by atoms with van der Waals surface area (Å²) >= 11 is 0. The number of benzene rings is 1. The van der Waals surface area contributed by atoms with Crippen LogP contribution in [0.5, 0.6) is 0 Å². The van der Waals surface area contributed by atoms with Gasteiger partial charge >= 0.3 is 0 Å². The lowest BCUT2D eigenvalue weighted by atomic mass is 9.96. The van der Waals surface area contributed by atoms with Crippen LogP contribution in [0.2, 0.25) is 0 Å². The molecule has 0 fully saturated rings. The normalized spacial score (nSPS) is 11.5. The topological polar surface area (TPSA) is 91.8 Å². The number of amides is 1. The van der Waals surface area contributed by atoms with E-state index in [1.54, 1.807) is 6.20 Å². The minimum absolute atomic E-state index is 0.0380. The highest BCUT2D eigenvalue weighted by molar-refractivity contribution is 5.83. The van der Waals surface area contributed by atoms with Crippen LogP contribution in [0.1, 0.15) is 30.4 Å². The van der Waals surface area contributed by atoms with Crippen LogP contribution in [-0.2, 0) is 4.79 Å². The van der Waals surface area contributed by atoms with E-state index in [2.05, 4.69) is 30.9 Å². The number of anilines is 3. The highest BCUT2D eigenvalue weighted by atomic mass is 16.1. The Kier molecular flexibility index (Phi) is 7.10. The molecule has 0 aliphatic carbocycles. The molecule has 29 heavy (non-hydrogen) atoms. The maximum atomic E-state index is 12.5. The monoisotopic (exact) mass is 390 g/mol. The van der Waals surface area contributed by atoms with Crippen molar-refractivity contribution in [2.75, 3.05) is 23.7 Å². The predicted octanol–water partition coefficient (Wildman–Crippen LogP) is 3.65. The van der Waals surface area contributed by atoms with Gasteiger partial charge in [-0.1, -0.05) is 37.3 Å². The summed E-state index contributed by atoms with van der Waals surface area (Å²) < 4.78 is 0. The summed E-state index contributed by atoms with van der Waals surface area (Å²) in [6.45, 7) is 5.10. The van der Waals surface area contributed by atoms with Gasteiger partial charge in [0.2, 0.25) is 5.91 Å². The number of carbonyl (C=O) groups is 1. The van der Waals surface area contributed by atoms with E-state index in [4.69, 9.17) is 0 Å². The molecule has 7 heteroatoms. The lowest BCUT2D eigenvalue weighted by Gasteiger charge is -2.15. The maximum Gasteiger partial charge on any atom is 0.227 e. The van der Waals surface area contributed by atoms with Crippen molar-refractivity contribution in [2.45, 2.75) is 26.2 Å². The van der Waals surface area contributed by atoms with Crippen molar-refractivity contribution < 1.29 is 4.79 Å². The fourth-order valence-electron chi connectivity index (χ4n) is 3.02. The number of nitrogens with one attached hydrogen (secondary N) is 3. The number of nitrogens with zero attached hydrogens (tertiary/aromatic N) is 3. The van der Waals surface area contributed by atoms with Crippen LogP contribution < -0.4 is 16.0 Å². The Balaban J connectivity index is 1.48. The summed E-state index contributed by atoms with van der Waals surface area (Å²) in [5.74, 6) is 1.97. The molecule has 0 saturated carbocycles. The van der Waals surface area contributed by atoms with Gasteiger partial charge in [0.15, 0.2) is 0 Å². The van der Waals surface area contributed by atoms with E-state index < -0.39 is 0 Å². The van der Waals surface area contributed by atoms with Gasteiger partial charge in [-0.15, -0.1) is 0 Å². The van der Waals surface area contributed by atoms with E-state index >= 15 is 0 Å². The van der Waals surface area contributed by atoms with Gasteiger partial charge in [0.05, 0.1) is 5.92 Å². The smallest absolute Gasteiger partial charge is 0.227 e. The second-order valence-electron chi connectivity index (χ2n) is 6.72. The van der Waals surface area contributed by atoms with Crippen LogP contribution in [0.3, 0.4) is 0 Å². The largest absolute Gasteiger partial charge is 0.368 e. The summed E-state index contributed by atoms with van der Waals surface area (Å²) in [5.41, 5.74) is 2.16. The molecule has 0 saturated heterocycles. The van der Waals surface area contributed by atoms with Gasteiger partial charge < -0.3 is 16.0 Å². The molecular weight excluding hydrogens is 364 g/mol. The quantitative estimate of drug-likeness (QED) is 0.483. The standard InChI is InChI=1S/C22H26N6O/c1-3-18(17-7-5-4-6-8-17)22(29)25-12-11-24-19-14-21(27-15-26-19)28-20-13-16(2)9-10-23-20/h4-10,13-15,18H,3,11-12H2,1-2H3,(H,25,29)(H2,23,24,26,27,28). The van der Waals surface area contributed by atoms with E-state index in [0.717, 1.165) is 23.4 Å². The molecule has 0 aliphatic rings. The van der Waals surface area contributed by atoms with E-state index in [0.29, 0.717) is 24.7 Å². The molecule has 3 N–H and O–H groups in total. The number of carbonyl (C=O) groups excluding carboxylic acids is 1. The first-order valence-corrected chi connectivity index (χ1v) is 9.74. The zero-order chi connectivity index (χ0) is 20.5. The minimum atomic E-state index is -0.132. The third-order valence-electron chi connectivity index (χ3n) is 4.50. The predicted molar refractivity (Wildman–Crippen MR) is 115 cm³/mol. The van der Waals surface area contributed by atoms with Gasteiger partial charge in [0.25, 0.3) is 0 Å². The van der Waals surface area contributed by atoms with Crippen molar-refractivity contribution in [3.63, 3.8) is 0 Å². The zero-order valence-corrected chi connectivity index (χ0v) is 16.7. The van der Waals surface area contributed by atoms with Gasteiger partial charge in [-0.2, -0.15) is 0 Å². The fraction of sp³-hybridized carbons (Fsp3) is 0.273. The Morgan fingerprint density at radius 1 is 0.966 bits per heavy atom. The molecule has 1 aromatic carbocycles. The van der Waals surface area contributed by atoms with Crippen LogP contribution in [0.4, 0.5) is 17.5 Å². The van der Waals surface area contributed by atoms with Crippen LogP contribution in [0.25, 0.3) is 0 Å². The van der Waals surface area contributed by atoms with Gasteiger partial charge in [-0.05, 0) is 36.6 Å². The van der Waals surface area contributed by atoms with E-state index in [1.165, 1.54) is 6.33 Å². The maximum absolute atomic E-state index is 12.5. The van der Waals surface area contributed by atoms with Gasteiger partial charge in [-0.3, -0.25) is 4.79 Å². The summed E-state index contributed by atoms with van der Waals surface area (Å²) in [6.07, 6.45) is 4.00. The number of pyridine rings is 1. The number of hydrogen-bond acceptors (Lipinski definition) is 6. The molecule has 150 valence electrons. The first-order chi connectivity index (χ1) is 14.2. The highest BCUT2D eigenvalue weighted by Gasteiger charge is 2.17. The third-order valence-corrected chi connectivity index (χ3v) is 4.50. The highest BCUT2D eigenvalue weighted by Crippen LogP contribution is 2.19. The SMILES string of the molecule is CCC(C(=O)NCCNc1cc(Nc2cc(C)ccn2)ncn1)c1ccccc1. The van der Waals surface area contributed by atoms with Crippen molar-refractivity contribution >= 4 is 23.4 Å². The van der Waals surface area contributed by atoms with Crippen molar-refractivity contribution in [1.82, 2.24) is 20.3 Å². The average Bonchev–Trinajstić information content (AvgIpc) is 2.73. The summed E-state index contributed by atoms with van der Waals surface area (Å²) in [5, 5.41) is 9.36.